The Morgan fingerprint density at radius 2 is 2.00 bits per heavy atom. The molecule has 1 N–H and O–H groups in total. The third-order valence-corrected chi connectivity index (χ3v) is 4.72. The van der Waals surface area contributed by atoms with E-state index in [1.165, 1.54) is 39.2 Å². The first kappa shape index (κ1) is 18.4. The van der Waals surface area contributed by atoms with Crippen molar-refractivity contribution in [2.24, 2.45) is 5.92 Å². The van der Waals surface area contributed by atoms with Crippen molar-refractivity contribution >= 4 is 5.97 Å². The summed E-state index contributed by atoms with van der Waals surface area (Å²) in [5, 5.41) is 3.24. The summed E-state index contributed by atoms with van der Waals surface area (Å²) in [5.74, 6) is 0.535. The number of likely N-dealkylation sites (N-methyl/N-ethyl adjacent to an activating group) is 1. The molecule has 1 saturated carbocycles. The number of nitrogens with one attached hydrogen (secondary N) is 1. The van der Waals surface area contributed by atoms with Crippen molar-refractivity contribution in [1.82, 2.24) is 5.32 Å². The lowest BCUT2D eigenvalue weighted by molar-refractivity contribution is -0.148. The maximum atomic E-state index is 11.9. The Morgan fingerprint density at radius 3 is 2.62 bits per heavy atom. The molecule has 4 heteroatoms. The number of hydrogen-bond acceptors (Lipinski definition) is 4. The van der Waals surface area contributed by atoms with Gasteiger partial charge in [0.15, 0.2) is 0 Å². The van der Waals surface area contributed by atoms with Gasteiger partial charge in [-0.3, -0.25) is 4.79 Å². The van der Waals surface area contributed by atoms with Crippen LogP contribution in [0.3, 0.4) is 0 Å². The Bertz CT molecular complexity index is 308. The molecule has 0 aromatic carbocycles. The topological polar surface area (TPSA) is 47.6 Å². The molecule has 0 heterocycles. The molecule has 1 fully saturated rings. The van der Waals surface area contributed by atoms with Crippen LogP contribution in [-0.4, -0.2) is 37.9 Å². The van der Waals surface area contributed by atoms with Crippen LogP contribution in [0.5, 0.6) is 0 Å². The fourth-order valence-electron chi connectivity index (χ4n) is 3.40. The van der Waals surface area contributed by atoms with Crippen LogP contribution in [0.1, 0.15) is 65.7 Å². The second-order valence-corrected chi connectivity index (χ2v) is 6.32. The van der Waals surface area contributed by atoms with E-state index in [4.69, 9.17) is 9.47 Å². The fourth-order valence-corrected chi connectivity index (χ4v) is 3.40. The number of methoxy groups -OCH3 is 1. The summed E-state index contributed by atoms with van der Waals surface area (Å²) >= 11 is 0. The maximum Gasteiger partial charge on any atom is 0.325 e. The van der Waals surface area contributed by atoms with E-state index in [0.717, 1.165) is 31.9 Å². The fraction of sp³-hybridized carbons (Fsp3) is 0.941. The number of carbonyl (C=O) groups excluding carboxylic acids is 1. The molecule has 0 bridgehead atoms. The average Bonchev–Trinajstić information content (AvgIpc) is 2.51. The van der Waals surface area contributed by atoms with Crippen molar-refractivity contribution < 1.29 is 14.3 Å². The molecule has 3 atom stereocenters. The third-order valence-electron chi connectivity index (χ3n) is 4.72. The molecule has 1 aliphatic rings. The second-order valence-electron chi connectivity index (χ2n) is 6.32. The molecule has 124 valence electrons. The van der Waals surface area contributed by atoms with Crippen LogP contribution in [0.4, 0.5) is 0 Å². The maximum absolute atomic E-state index is 11.9. The highest BCUT2D eigenvalue weighted by atomic mass is 16.5. The Kier molecular flexibility index (Phi) is 8.27. The van der Waals surface area contributed by atoms with Gasteiger partial charge in [-0.25, -0.2) is 0 Å². The summed E-state index contributed by atoms with van der Waals surface area (Å²) in [6.07, 6.45) is 8.40. The lowest BCUT2D eigenvalue weighted by Gasteiger charge is -2.31. The molecule has 0 aromatic heterocycles. The second kappa shape index (κ2) is 9.42. The van der Waals surface area contributed by atoms with E-state index in [2.05, 4.69) is 12.2 Å². The quantitative estimate of drug-likeness (QED) is 0.524. The van der Waals surface area contributed by atoms with E-state index < -0.39 is 5.54 Å². The highest BCUT2D eigenvalue weighted by Gasteiger charge is 2.33. The van der Waals surface area contributed by atoms with Crippen LogP contribution >= 0.6 is 0 Å². The molecule has 0 radical (unpaired) electrons. The highest BCUT2D eigenvalue weighted by molar-refractivity contribution is 5.80. The van der Waals surface area contributed by atoms with Crippen LogP contribution in [0.25, 0.3) is 0 Å². The molecule has 4 nitrogen and oxygen atoms in total. The smallest absolute Gasteiger partial charge is 0.325 e. The molecule has 21 heavy (non-hydrogen) atoms. The van der Waals surface area contributed by atoms with Crippen molar-refractivity contribution in [3.05, 3.63) is 0 Å². The van der Waals surface area contributed by atoms with Gasteiger partial charge in [0.1, 0.15) is 5.54 Å². The third kappa shape index (κ3) is 5.59. The van der Waals surface area contributed by atoms with Crippen molar-refractivity contribution in [2.45, 2.75) is 77.4 Å². The van der Waals surface area contributed by atoms with Gasteiger partial charge in [0.25, 0.3) is 0 Å². The predicted octanol–water partition coefficient (Wildman–Crippen LogP) is 3.29. The minimum absolute atomic E-state index is 0.187. The van der Waals surface area contributed by atoms with Crippen molar-refractivity contribution in [1.29, 1.82) is 0 Å². The van der Waals surface area contributed by atoms with Gasteiger partial charge >= 0.3 is 5.97 Å². The number of esters is 1. The van der Waals surface area contributed by atoms with Gasteiger partial charge in [0, 0.05) is 6.61 Å². The van der Waals surface area contributed by atoms with Crippen molar-refractivity contribution in [3.8, 4) is 0 Å². The van der Waals surface area contributed by atoms with Crippen LogP contribution < -0.4 is 5.32 Å². The van der Waals surface area contributed by atoms with Gasteiger partial charge in [0.2, 0.25) is 0 Å². The molecule has 0 spiro atoms. The number of hydrogen-bond donors (Lipinski definition) is 1. The van der Waals surface area contributed by atoms with Crippen LogP contribution in [-0.2, 0) is 14.3 Å². The van der Waals surface area contributed by atoms with E-state index in [9.17, 15) is 4.79 Å². The van der Waals surface area contributed by atoms with Gasteiger partial charge in [0.05, 0.1) is 13.2 Å². The lowest BCUT2D eigenvalue weighted by atomic mass is 9.85. The monoisotopic (exact) mass is 299 g/mol. The summed E-state index contributed by atoms with van der Waals surface area (Å²) < 4.78 is 11.0. The van der Waals surface area contributed by atoms with E-state index >= 15 is 0 Å². The molecule has 0 aromatic rings. The minimum atomic E-state index is -0.594. The first-order valence-electron chi connectivity index (χ1n) is 8.52. The zero-order valence-corrected chi connectivity index (χ0v) is 14.2. The van der Waals surface area contributed by atoms with Gasteiger partial charge in [-0.15, -0.1) is 0 Å². The van der Waals surface area contributed by atoms with Gasteiger partial charge in [-0.2, -0.15) is 0 Å². The first-order valence-corrected chi connectivity index (χ1v) is 8.52. The predicted molar refractivity (Wildman–Crippen MR) is 85.3 cm³/mol. The Labute approximate surface area is 130 Å². The zero-order chi connectivity index (χ0) is 15.7. The van der Waals surface area contributed by atoms with Crippen LogP contribution in [0.2, 0.25) is 0 Å². The van der Waals surface area contributed by atoms with Gasteiger partial charge in [-0.05, 0) is 45.1 Å². The van der Waals surface area contributed by atoms with Crippen LogP contribution in [0.15, 0.2) is 0 Å². The van der Waals surface area contributed by atoms with Gasteiger partial charge < -0.3 is 14.8 Å². The number of ether oxygens (including phenoxy) is 2. The lowest BCUT2D eigenvalue weighted by Crippen LogP contribution is -2.50. The minimum Gasteiger partial charge on any atom is -0.468 e. The standard InChI is InChI=1S/C17H33NO3/c1-5-14-10-7-8-11-15(14)21-13-9-12-17(3,18-6-2)16(19)20-4/h14-15,18H,5-13H2,1-4H3. The molecule has 0 amide bonds. The molecular formula is C17H33NO3. The van der Waals surface area contributed by atoms with Gasteiger partial charge in [-0.1, -0.05) is 33.1 Å². The summed E-state index contributed by atoms with van der Waals surface area (Å²) in [7, 11) is 1.45. The molecule has 3 unspecified atom stereocenters. The highest BCUT2D eigenvalue weighted by Crippen LogP contribution is 2.29. The zero-order valence-electron chi connectivity index (χ0n) is 14.2. The van der Waals surface area contributed by atoms with E-state index in [-0.39, 0.29) is 5.97 Å². The van der Waals surface area contributed by atoms with E-state index in [1.54, 1.807) is 0 Å². The van der Waals surface area contributed by atoms with Crippen molar-refractivity contribution in [2.75, 3.05) is 20.3 Å². The molecule has 0 saturated heterocycles. The normalized spacial score (nSPS) is 25.3. The SMILES string of the molecule is CCNC(C)(CCCOC1CCCCC1CC)C(=O)OC. The Balaban J connectivity index is 2.35. The Morgan fingerprint density at radius 1 is 1.29 bits per heavy atom. The summed E-state index contributed by atoms with van der Waals surface area (Å²) in [6.45, 7) is 7.67. The average molecular weight is 299 g/mol. The number of rotatable bonds is 9. The first-order chi connectivity index (χ1) is 10.1. The van der Waals surface area contributed by atoms with E-state index in [1.807, 2.05) is 13.8 Å². The molecule has 1 aliphatic carbocycles. The molecule has 0 aliphatic heterocycles. The molecule has 1 rings (SSSR count). The van der Waals surface area contributed by atoms with Crippen LogP contribution in [0, 0.1) is 5.92 Å². The summed E-state index contributed by atoms with van der Waals surface area (Å²) in [6, 6.07) is 0. The largest absolute Gasteiger partial charge is 0.468 e. The summed E-state index contributed by atoms with van der Waals surface area (Å²) in [5.41, 5.74) is -0.594. The Hall–Kier alpha value is -0.610. The molecular weight excluding hydrogens is 266 g/mol. The summed E-state index contributed by atoms with van der Waals surface area (Å²) in [4.78, 5) is 11.9. The number of carbonyl (C=O) groups is 1. The van der Waals surface area contributed by atoms with E-state index in [0.29, 0.717) is 6.10 Å². The van der Waals surface area contributed by atoms with Crippen molar-refractivity contribution in [3.63, 3.8) is 0 Å².